The standard InChI is InChI=1S/C39H24N2OS/c1-2-8-25(9-3-1)26-15-18-28(19-16-26)41(29-20-22-35-32(24-29)30-11-4-5-13-34(30)42-35)33-12-6-14-36-37(33)31-21-17-27-10-7-23-40-38(27)39(31)43-36/h1-24H. The van der Waals surface area contributed by atoms with Crippen LogP contribution in [0.2, 0.25) is 0 Å². The Morgan fingerprint density at radius 2 is 1.35 bits per heavy atom. The molecule has 3 nitrogen and oxygen atoms in total. The molecular weight excluding hydrogens is 545 g/mol. The summed E-state index contributed by atoms with van der Waals surface area (Å²) in [6.45, 7) is 0. The summed E-state index contributed by atoms with van der Waals surface area (Å²) in [4.78, 5) is 7.16. The molecule has 0 saturated heterocycles. The quantitative estimate of drug-likeness (QED) is 0.211. The summed E-state index contributed by atoms with van der Waals surface area (Å²) in [6.07, 6.45) is 1.89. The Labute approximate surface area is 251 Å². The second kappa shape index (κ2) is 9.55. The van der Waals surface area contributed by atoms with Crippen LogP contribution in [-0.4, -0.2) is 4.98 Å². The fourth-order valence-corrected chi connectivity index (χ4v) is 7.53. The Bertz CT molecular complexity index is 2460. The second-order valence-corrected chi connectivity index (χ2v) is 11.8. The summed E-state index contributed by atoms with van der Waals surface area (Å²) < 4.78 is 8.66. The number of hydrogen-bond acceptors (Lipinski definition) is 4. The Balaban J connectivity index is 1.31. The van der Waals surface area contributed by atoms with Gasteiger partial charge in [0.2, 0.25) is 0 Å². The third kappa shape index (κ3) is 3.84. The lowest BCUT2D eigenvalue weighted by Crippen LogP contribution is -2.10. The first-order valence-corrected chi connectivity index (χ1v) is 15.2. The lowest BCUT2D eigenvalue weighted by atomic mass is 10.0. The van der Waals surface area contributed by atoms with Gasteiger partial charge in [0.1, 0.15) is 11.2 Å². The van der Waals surface area contributed by atoms with E-state index in [1.165, 1.54) is 31.3 Å². The van der Waals surface area contributed by atoms with E-state index in [2.05, 4.69) is 126 Å². The molecule has 0 bridgehead atoms. The Kier molecular flexibility index (Phi) is 5.37. The van der Waals surface area contributed by atoms with E-state index < -0.39 is 0 Å². The van der Waals surface area contributed by atoms with Crippen LogP contribution in [0, 0.1) is 0 Å². The van der Waals surface area contributed by atoms with Crippen LogP contribution in [0.15, 0.2) is 150 Å². The maximum atomic E-state index is 6.20. The molecule has 3 aromatic heterocycles. The lowest BCUT2D eigenvalue weighted by Gasteiger charge is -2.27. The molecule has 6 aromatic carbocycles. The van der Waals surface area contributed by atoms with Gasteiger partial charge in [0.15, 0.2) is 0 Å². The highest BCUT2D eigenvalue weighted by Crippen LogP contribution is 2.47. The van der Waals surface area contributed by atoms with Crippen molar-refractivity contribution in [2.45, 2.75) is 0 Å². The molecule has 43 heavy (non-hydrogen) atoms. The van der Waals surface area contributed by atoms with Crippen LogP contribution in [0.25, 0.3) is 64.1 Å². The number of thiophene rings is 1. The van der Waals surface area contributed by atoms with Crippen molar-refractivity contribution in [1.82, 2.24) is 4.98 Å². The number of rotatable bonds is 4. The molecule has 9 rings (SSSR count). The predicted molar refractivity (Wildman–Crippen MR) is 182 cm³/mol. The minimum absolute atomic E-state index is 0.890. The number of benzene rings is 6. The van der Waals surface area contributed by atoms with E-state index in [4.69, 9.17) is 9.40 Å². The van der Waals surface area contributed by atoms with E-state index >= 15 is 0 Å². The SMILES string of the molecule is c1ccc(-c2ccc(N(c3ccc4oc5ccccc5c4c3)c3cccc4sc5c(ccc6cccnc65)c34)cc2)cc1. The zero-order valence-electron chi connectivity index (χ0n) is 23.1. The Hall–Kier alpha value is -5.45. The van der Waals surface area contributed by atoms with Crippen molar-refractivity contribution >= 4 is 81.4 Å². The number of hydrogen-bond donors (Lipinski definition) is 0. The molecule has 4 heteroatoms. The van der Waals surface area contributed by atoms with E-state index in [1.807, 2.05) is 35.7 Å². The summed E-state index contributed by atoms with van der Waals surface area (Å²) in [6, 6.07) is 49.4. The first-order valence-electron chi connectivity index (χ1n) is 14.4. The van der Waals surface area contributed by atoms with E-state index in [0.717, 1.165) is 49.9 Å². The van der Waals surface area contributed by atoms with Crippen LogP contribution < -0.4 is 4.90 Å². The molecule has 0 unspecified atom stereocenters. The topological polar surface area (TPSA) is 29.3 Å². The van der Waals surface area contributed by atoms with Gasteiger partial charge in [-0.15, -0.1) is 11.3 Å². The fourth-order valence-electron chi connectivity index (χ4n) is 6.30. The molecule has 0 aliphatic carbocycles. The Morgan fingerprint density at radius 1 is 0.558 bits per heavy atom. The predicted octanol–water partition coefficient (Wildman–Crippen LogP) is 11.6. The van der Waals surface area contributed by atoms with E-state index in [1.54, 1.807) is 0 Å². The highest BCUT2D eigenvalue weighted by molar-refractivity contribution is 7.26. The van der Waals surface area contributed by atoms with Gasteiger partial charge in [0.25, 0.3) is 0 Å². The second-order valence-electron chi connectivity index (χ2n) is 10.8. The van der Waals surface area contributed by atoms with Crippen molar-refractivity contribution in [1.29, 1.82) is 0 Å². The van der Waals surface area contributed by atoms with Crippen LogP contribution in [0.1, 0.15) is 0 Å². The third-order valence-corrected chi connectivity index (χ3v) is 9.48. The van der Waals surface area contributed by atoms with Gasteiger partial charge in [-0.05, 0) is 65.7 Å². The average Bonchev–Trinajstić information content (AvgIpc) is 3.65. The molecule has 0 saturated carbocycles. The molecule has 0 aliphatic rings. The summed E-state index contributed by atoms with van der Waals surface area (Å²) in [5.41, 5.74) is 8.56. The van der Waals surface area contributed by atoms with E-state index in [-0.39, 0.29) is 0 Å². The molecule has 0 radical (unpaired) electrons. The number of nitrogens with zero attached hydrogens (tertiary/aromatic N) is 2. The number of fused-ring (bicyclic) bond motifs is 8. The number of para-hydroxylation sites is 1. The van der Waals surface area contributed by atoms with Crippen LogP contribution >= 0.6 is 11.3 Å². The largest absolute Gasteiger partial charge is 0.456 e. The highest BCUT2D eigenvalue weighted by Gasteiger charge is 2.20. The van der Waals surface area contributed by atoms with Crippen LogP contribution in [0.4, 0.5) is 17.1 Å². The van der Waals surface area contributed by atoms with Gasteiger partial charge in [-0.1, -0.05) is 84.9 Å². The van der Waals surface area contributed by atoms with Gasteiger partial charge in [0.05, 0.1) is 15.9 Å². The maximum Gasteiger partial charge on any atom is 0.135 e. The molecule has 0 aliphatic heterocycles. The molecule has 0 N–H and O–H groups in total. The summed E-state index contributed by atoms with van der Waals surface area (Å²) >= 11 is 1.81. The van der Waals surface area contributed by atoms with Crippen molar-refractivity contribution in [3.05, 3.63) is 146 Å². The zero-order valence-corrected chi connectivity index (χ0v) is 23.9. The van der Waals surface area contributed by atoms with Gasteiger partial charge in [-0.25, -0.2) is 0 Å². The molecule has 3 heterocycles. The third-order valence-electron chi connectivity index (χ3n) is 8.31. The lowest BCUT2D eigenvalue weighted by molar-refractivity contribution is 0.669. The average molecular weight is 569 g/mol. The Morgan fingerprint density at radius 3 is 2.26 bits per heavy atom. The van der Waals surface area contributed by atoms with Gasteiger partial charge < -0.3 is 9.32 Å². The first-order chi connectivity index (χ1) is 21.3. The molecule has 0 atom stereocenters. The van der Waals surface area contributed by atoms with Crippen molar-refractivity contribution < 1.29 is 4.42 Å². The zero-order chi connectivity index (χ0) is 28.3. The van der Waals surface area contributed by atoms with Crippen molar-refractivity contribution in [3.8, 4) is 11.1 Å². The normalized spacial score (nSPS) is 11.7. The van der Waals surface area contributed by atoms with Gasteiger partial charge >= 0.3 is 0 Å². The minimum Gasteiger partial charge on any atom is -0.456 e. The smallest absolute Gasteiger partial charge is 0.135 e. The molecule has 0 fully saturated rings. The van der Waals surface area contributed by atoms with Crippen molar-refractivity contribution in [3.63, 3.8) is 0 Å². The van der Waals surface area contributed by atoms with Crippen molar-refractivity contribution in [2.24, 2.45) is 0 Å². The highest BCUT2D eigenvalue weighted by atomic mass is 32.1. The number of aromatic nitrogens is 1. The number of anilines is 3. The molecule has 0 spiro atoms. The molecular formula is C39H24N2OS. The number of furan rings is 1. The van der Waals surface area contributed by atoms with Crippen LogP contribution in [0.5, 0.6) is 0 Å². The molecule has 202 valence electrons. The minimum atomic E-state index is 0.890. The molecule has 0 amide bonds. The van der Waals surface area contributed by atoms with Gasteiger partial charge in [-0.2, -0.15) is 0 Å². The van der Waals surface area contributed by atoms with Gasteiger partial charge in [-0.3, -0.25) is 4.98 Å². The van der Waals surface area contributed by atoms with Crippen LogP contribution in [0.3, 0.4) is 0 Å². The molecule has 9 aromatic rings. The fraction of sp³-hybridized carbons (Fsp3) is 0. The summed E-state index contributed by atoms with van der Waals surface area (Å²) in [7, 11) is 0. The first kappa shape index (κ1) is 24.2. The van der Waals surface area contributed by atoms with Crippen LogP contribution in [-0.2, 0) is 0 Å². The van der Waals surface area contributed by atoms with E-state index in [0.29, 0.717) is 0 Å². The monoisotopic (exact) mass is 568 g/mol. The van der Waals surface area contributed by atoms with Crippen molar-refractivity contribution in [2.75, 3.05) is 4.90 Å². The number of pyridine rings is 1. The summed E-state index contributed by atoms with van der Waals surface area (Å²) in [5.74, 6) is 0. The maximum absolute atomic E-state index is 6.20. The summed E-state index contributed by atoms with van der Waals surface area (Å²) in [5, 5.41) is 5.85. The van der Waals surface area contributed by atoms with E-state index in [9.17, 15) is 0 Å². The van der Waals surface area contributed by atoms with Gasteiger partial charge in [0, 0.05) is 49.2 Å².